The minimum atomic E-state index is -0.225. The Bertz CT molecular complexity index is 456. The number of thiophene rings is 1. The first-order chi connectivity index (χ1) is 10.3. The Morgan fingerprint density at radius 3 is 3.05 bits per heavy atom. The van der Waals surface area contributed by atoms with Crippen LogP contribution in [0.5, 0.6) is 0 Å². The first kappa shape index (κ1) is 15.0. The highest BCUT2D eigenvalue weighted by molar-refractivity contribution is 7.09. The third kappa shape index (κ3) is 3.47. The molecule has 5 heteroatoms. The number of aryl methyl sites for hydroxylation is 1. The molecule has 1 aromatic rings. The minimum absolute atomic E-state index is 0.119. The van der Waals surface area contributed by atoms with E-state index in [2.05, 4.69) is 24.4 Å². The fraction of sp³-hybridized carbons (Fsp3) is 0.688. The highest BCUT2D eigenvalue weighted by Crippen LogP contribution is 2.33. The quantitative estimate of drug-likeness (QED) is 0.756. The van der Waals surface area contributed by atoms with E-state index in [0.717, 1.165) is 45.1 Å². The number of hydrogen-bond donors (Lipinski definition) is 0. The molecule has 0 radical (unpaired) electrons. The van der Waals surface area contributed by atoms with Crippen molar-refractivity contribution in [2.24, 2.45) is 5.92 Å². The lowest BCUT2D eigenvalue weighted by Crippen LogP contribution is -2.60. The summed E-state index contributed by atoms with van der Waals surface area (Å²) < 4.78 is 5.53. The molecular weight excluding hydrogens is 286 g/mol. The number of carbonyl (C=O) groups excluding carboxylic acids is 1. The van der Waals surface area contributed by atoms with E-state index in [9.17, 15) is 4.79 Å². The van der Waals surface area contributed by atoms with Crippen LogP contribution < -0.4 is 0 Å². The number of ether oxygens (including phenoxy) is 1. The predicted molar refractivity (Wildman–Crippen MR) is 81.7 cm³/mol. The summed E-state index contributed by atoms with van der Waals surface area (Å²) in [4.78, 5) is 19.3. The molecule has 2 saturated heterocycles. The van der Waals surface area contributed by atoms with Crippen LogP contribution in [0.4, 0.5) is 0 Å². The van der Waals surface area contributed by atoms with Gasteiger partial charge < -0.3 is 4.74 Å². The van der Waals surface area contributed by atoms with Gasteiger partial charge >= 0.3 is 0 Å². The Labute approximate surface area is 130 Å². The molecule has 0 N–H and O–H groups in total. The van der Waals surface area contributed by atoms with Crippen LogP contribution in [0, 0.1) is 5.92 Å². The SMILES string of the molecule is CC1C(CCCc2cccs2)C(=O)N1OC1CCCCO1. The average Bonchev–Trinajstić information content (AvgIpc) is 3.03. The van der Waals surface area contributed by atoms with Crippen molar-refractivity contribution < 1.29 is 14.4 Å². The predicted octanol–water partition coefficient (Wildman–Crippen LogP) is 3.38. The van der Waals surface area contributed by atoms with Gasteiger partial charge in [-0.2, -0.15) is 0 Å². The molecule has 116 valence electrons. The second kappa shape index (κ2) is 6.90. The van der Waals surface area contributed by atoms with Crippen LogP contribution in [0.25, 0.3) is 0 Å². The molecule has 1 amide bonds. The lowest BCUT2D eigenvalue weighted by Gasteiger charge is -2.45. The maximum absolute atomic E-state index is 12.2. The summed E-state index contributed by atoms with van der Waals surface area (Å²) in [6.45, 7) is 2.81. The minimum Gasteiger partial charge on any atom is -0.350 e. The highest BCUT2D eigenvalue weighted by atomic mass is 32.1. The summed E-state index contributed by atoms with van der Waals surface area (Å²) in [5.41, 5.74) is 0. The number of hydroxylamine groups is 2. The lowest BCUT2D eigenvalue weighted by molar-refractivity contribution is -0.316. The monoisotopic (exact) mass is 309 g/mol. The first-order valence-corrected chi connectivity index (χ1v) is 8.77. The van der Waals surface area contributed by atoms with Crippen molar-refractivity contribution in [3.05, 3.63) is 22.4 Å². The van der Waals surface area contributed by atoms with Crippen molar-refractivity contribution in [2.75, 3.05) is 6.61 Å². The van der Waals surface area contributed by atoms with Gasteiger partial charge in [0.25, 0.3) is 5.91 Å². The molecule has 0 aromatic carbocycles. The number of β-lactam (4-membered cyclic amide) rings is 1. The van der Waals surface area contributed by atoms with Gasteiger partial charge in [-0.15, -0.1) is 11.3 Å². The number of hydrogen-bond acceptors (Lipinski definition) is 4. The van der Waals surface area contributed by atoms with Gasteiger partial charge in [0.15, 0.2) is 6.29 Å². The van der Waals surface area contributed by atoms with Crippen LogP contribution in [0.1, 0.15) is 43.9 Å². The summed E-state index contributed by atoms with van der Waals surface area (Å²) in [6.07, 6.45) is 5.95. The van der Waals surface area contributed by atoms with E-state index in [1.165, 1.54) is 9.94 Å². The van der Waals surface area contributed by atoms with E-state index < -0.39 is 0 Å². The van der Waals surface area contributed by atoms with Crippen LogP contribution in [0.3, 0.4) is 0 Å². The molecule has 1 aromatic heterocycles. The molecule has 3 rings (SSSR count). The number of amides is 1. The molecule has 2 aliphatic rings. The summed E-state index contributed by atoms with van der Waals surface area (Å²) in [5, 5.41) is 3.64. The second-order valence-electron chi connectivity index (χ2n) is 5.88. The first-order valence-electron chi connectivity index (χ1n) is 7.89. The van der Waals surface area contributed by atoms with Crippen molar-refractivity contribution in [3.63, 3.8) is 0 Å². The fourth-order valence-electron chi connectivity index (χ4n) is 3.04. The molecule has 3 heterocycles. The zero-order valence-corrected chi connectivity index (χ0v) is 13.3. The van der Waals surface area contributed by atoms with Gasteiger partial charge in [0.2, 0.25) is 0 Å². The van der Waals surface area contributed by atoms with Crippen molar-refractivity contribution >= 4 is 17.2 Å². The number of nitrogens with zero attached hydrogens (tertiary/aromatic N) is 1. The zero-order chi connectivity index (χ0) is 14.7. The third-order valence-electron chi connectivity index (χ3n) is 4.37. The van der Waals surface area contributed by atoms with Crippen molar-refractivity contribution in [3.8, 4) is 0 Å². The molecule has 0 bridgehead atoms. The Balaban J connectivity index is 1.41. The third-order valence-corrected chi connectivity index (χ3v) is 5.31. The lowest BCUT2D eigenvalue weighted by atomic mass is 9.86. The van der Waals surface area contributed by atoms with E-state index >= 15 is 0 Å². The number of carbonyl (C=O) groups is 1. The van der Waals surface area contributed by atoms with E-state index in [-0.39, 0.29) is 24.2 Å². The van der Waals surface area contributed by atoms with E-state index in [0.29, 0.717) is 0 Å². The van der Waals surface area contributed by atoms with E-state index in [1.807, 2.05) is 0 Å². The maximum Gasteiger partial charge on any atom is 0.251 e. The zero-order valence-electron chi connectivity index (χ0n) is 12.5. The molecule has 3 unspecified atom stereocenters. The summed E-state index contributed by atoms with van der Waals surface area (Å²) in [7, 11) is 0. The van der Waals surface area contributed by atoms with E-state index in [1.54, 1.807) is 11.3 Å². The molecule has 21 heavy (non-hydrogen) atoms. The average molecular weight is 309 g/mol. The van der Waals surface area contributed by atoms with Crippen LogP contribution in [0.15, 0.2) is 17.5 Å². The Hall–Kier alpha value is -0.910. The molecule has 2 fully saturated rings. The van der Waals surface area contributed by atoms with Gasteiger partial charge in [-0.1, -0.05) is 6.07 Å². The van der Waals surface area contributed by atoms with E-state index in [4.69, 9.17) is 9.57 Å². The fourth-order valence-corrected chi connectivity index (χ4v) is 3.79. The van der Waals surface area contributed by atoms with Crippen molar-refractivity contribution in [2.45, 2.75) is 57.8 Å². The molecule has 2 aliphatic heterocycles. The Kier molecular flexibility index (Phi) is 4.93. The van der Waals surface area contributed by atoms with Gasteiger partial charge in [-0.25, -0.2) is 9.90 Å². The molecule has 0 saturated carbocycles. The van der Waals surface area contributed by atoms with Crippen LogP contribution in [-0.4, -0.2) is 29.9 Å². The van der Waals surface area contributed by atoms with Gasteiger partial charge in [0.05, 0.1) is 12.0 Å². The van der Waals surface area contributed by atoms with Crippen LogP contribution >= 0.6 is 11.3 Å². The van der Waals surface area contributed by atoms with Crippen LogP contribution in [0.2, 0.25) is 0 Å². The summed E-state index contributed by atoms with van der Waals surface area (Å²) >= 11 is 1.79. The number of rotatable bonds is 6. The van der Waals surface area contributed by atoms with Gasteiger partial charge in [0, 0.05) is 17.9 Å². The van der Waals surface area contributed by atoms with Gasteiger partial charge in [0.1, 0.15) is 0 Å². The van der Waals surface area contributed by atoms with Crippen molar-refractivity contribution in [1.29, 1.82) is 0 Å². The molecular formula is C16H23NO3S. The maximum atomic E-state index is 12.2. The second-order valence-corrected chi connectivity index (χ2v) is 6.92. The Morgan fingerprint density at radius 1 is 1.48 bits per heavy atom. The molecule has 4 nitrogen and oxygen atoms in total. The van der Waals surface area contributed by atoms with Gasteiger partial charge in [-0.05, 0) is 50.5 Å². The van der Waals surface area contributed by atoms with Crippen LogP contribution in [-0.2, 0) is 20.8 Å². The smallest absolute Gasteiger partial charge is 0.251 e. The summed E-state index contributed by atoms with van der Waals surface area (Å²) in [6, 6.07) is 4.41. The largest absolute Gasteiger partial charge is 0.350 e. The highest BCUT2D eigenvalue weighted by Gasteiger charge is 2.46. The normalized spacial score (nSPS) is 29.5. The standard InChI is InChI=1S/C16H23NO3S/c1-12-14(8-4-6-13-7-5-11-21-13)16(18)17(12)20-15-9-2-3-10-19-15/h5,7,11-12,14-15H,2-4,6,8-10H2,1H3. The summed E-state index contributed by atoms with van der Waals surface area (Å²) in [5.74, 6) is 0.247. The van der Waals surface area contributed by atoms with Gasteiger partial charge in [-0.3, -0.25) is 4.79 Å². The molecule has 0 spiro atoms. The van der Waals surface area contributed by atoms with Crippen molar-refractivity contribution in [1.82, 2.24) is 5.06 Å². The molecule has 0 aliphatic carbocycles. The Morgan fingerprint density at radius 2 is 2.38 bits per heavy atom. The molecule has 3 atom stereocenters. The topological polar surface area (TPSA) is 38.8 Å².